The summed E-state index contributed by atoms with van der Waals surface area (Å²) in [5, 5.41) is 2.65. The van der Waals surface area contributed by atoms with Crippen molar-refractivity contribution in [1.29, 1.82) is 0 Å². The molecule has 0 aromatic carbocycles. The van der Waals surface area contributed by atoms with Crippen LogP contribution in [0.1, 0.15) is 52.9 Å². The largest absolute Gasteiger partial charge is 0.453 e. The average molecular weight is 450 g/mol. The molecule has 1 heterocycles. The molecule has 0 aliphatic carbocycles. The monoisotopic (exact) mass is 450 g/mol. The average Bonchev–Trinajstić information content (AvgIpc) is 2.98. The molecular weight excluding hydrogens is 423 g/mol. The van der Waals surface area contributed by atoms with Gasteiger partial charge < -0.3 is 19.9 Å². The number of hydrogen-bond donors (Lipinski definition) is 2. The van der Waals surface area contributed by atoms with Crippen LogP contribution in [0.3, 0.4) is 0 Å². The Balaban J connectivity index is 3.12. The molecule has 0 radical (unpaired) electrons. The van der Waals surface area contributed by atoms with Crippen LogP contribution in [0.25, 0.3) is 0 Å². The van der Waals surface area contributed by atoms with Gasteiger partial charge in [0.25, 0.3) is 0 Å². The van der Waals surface area contributed by atoms with E-state index in [1.165, 1.54) is 7.11 Å². The normalized spacial score (nSPS) is 14.8. The van der Waals surface area contributed by atoms with E-state index < -0.39 is 12.1 Å². The topological polar surface area (TPSA) is 87.3 Å². The molecular formula is C16H27IN4O3. The van der Waals surface area contributed by atoms with Gasteiger partial charge in [-0.1, -0.05) is 20.8 Å². The van der Waals surface area contributed by atoms with Crippen LogP contribution in [0.4, 0.5) is 4.79 Å². The molecule has 1 aromatic heterocycles. The van der Waals surface area contributed by atoms with Crippen LogP contribution in [0, 0.1) is 9.62 Å². The number of aromatic amines is 1. The Morgan fingerprint density at radius 2 is 2.00 bits per heavy atom. The fourth-order valence-electron chi connectivity index (χ4n) is 2.50. The number of aromatic nitrogens is 2. The lowest BCUT2D eigenvalue weighted by molar-refractivity contribution is -0.139. The van der Waals surface area contributed by atoms with Crippen molar-refractivity contribution < 1.29 is 14.3 Å². The predicted molar refractivity (Wildman–Crippen MR) is 100 cm³/mol. The number of rotatable bonds is 7. The van der Waals surface area contributed by atoms with Gasteiger partial charge in [0.05, 0.1) is 23.0 Å². The van der Waals surface area contributed by atoms with Crippen LogP contribution in [-0.2, 0) is 9.53 Å². The molecule has 0 aliphatic heterocycles. The third kappa shape index (κ3) is 5.09. The predicted octanol–water partition coefficient (Wildman–Crippen LogP) is 3.08. The molecule has 1 aromatic rings. The molecule has 0 aliphatic rings. The van der Waals surface area contributed by atoms with Crippen LogP contribution >= 0.6 is 22.6 Å². The third-order valence-corrected chi connectivity index (χ3v) is 4.64. The second kappa shape index (κ2) is 9.24. The lowest BCUT2D eigenvalue weighted by atomic mass is 10.0. The third-order valence-electron chi connectivity index (χ3n) is 4.09. The Kier molecular flexibility index (Phi) is 7.98. The fourth-order valence-corrected chi connectivity index (χ4v) is 2.92. The number of alkyl carbamates (subject to hydrolysis) is 1. The molecule has 1 rings (SSSR count). The Morgan fingerprint density at radius 3 is 2.42 bits per heavy atom. The van der Waals surface area contributed by atoms with Gasteiger partial charge in [0.15, 0.2) is 0 Å². The van der Waals surface area contributed by atoms with E-state index in [0.717, 1.165) is 15.9 Å². The number of carbonyl (C=O) groups is 2. The summed E-state index contributed by atoms with van der Waals surface area (Å²) in [5.41, 5.74) is 0. The first-order chi connectivity index (χ1) is 11.2. The smallest absolute Gasteiger partial charge is 0.407 e. The van der Waals surface area contributed by atoms with Crippen molar-refractivity contribution in [2.45, 2.75) is 59.2 Å². The number of hydrogen-bond acceptors (Lipinski definition) is 4. The van der Waals surface area contributed by atoms with Crippen molar-refractivity contribution in [3.05, 3.63) is 15.7 Å². The number of imidazole rings is 1. The molecule has 7 nitrogen and oxygen atoms in total. The molecule has 3 atom stereocenters. The lowest BCUT2D eigenvalue weighted by Crippen LogP contribution is -2.54. The van der Waals surface area contributed by atoms with Gasteiger partial charge in [-0.2, -0.15) is 0 Å². The standard InChI is InChI=1S/C16H27IN4O3/c1-7-10(4)21(11(5)14-18-8-12(17)19-14)15(22)13(9(2)3)20-16(23)24-6/h8-11,13H,7H2,1-6H3,(H,18,19)(H,20,23)/t10-,11-,13-/m0/s1. The van der Waals surface area contributed by atoms with E-state index in [1.807, 2.05) is 34.6 Å². The van der Waals surface area contributed by atoms with Crippen molar-refractivity contribution in [3.63, 3.8) is 0 Å². The zero-order valence-electron chi connectivity index (χ0n) is 15.1. The molecule has 0 fully saturated rings. The summed E-state index contributed by atoms with van der Waals surface area (Å²) in [4.78, 5) is 34.1. The Bertz CT molecular complexity index is 561. The van der Waals surface area contributed by atoms with Gasteiger partial charge in [-0.05, 0) is 48.8 Å². The summed E-state index contributed by atoms with van der Waals surface area (Å²) in [5.74, 6) is 0.532. The lowest BCUT2D eigenvalue weighted by Gasteiger charge is -2.37. The van der Waals surface area contributed by atoms with Gasteiger partial charge in [0.1, 0.15) is 11.9 Å². The molecule has 8 heteroatoms. The quantitative estimate of drug-likeness (QED) is 0.626. The molecule has 24 heavy (non-hydrogen) atoms. The summed E-state index contributed by atoms with van der Waals surface area (Å²) in [6.45, 7) is 9.76. The SMILES string of the molecule is CC[C@H](C)N(C(=O)[C@@H](NC(=O)OC)C(C)C)[C@@H](C)c1ncc(I)[nH]1. The number of carbonyl (C=O) groups excluding carboxylic acids is 2. The minimum absolute atomic E-state index is 0.0101. The molecule has 0 bridgehead atoms. The van der Waals surface area contributed by atoms with Gasteiger partial charge in [0, 0.05) is 6.04 Å². The van der Waals surface area contributed by atoms with E-state index in [9.17, 15) is 9.59 Å². The van der Waals surface area contributed by atoms with Crippen LogP contribution in [-0.4, -0.2) is 46.1 Å². The van der Waals surface area contributed by atoms with Gasteiger partial charge in [-0.15, -0.1) is 0 Å². The summed E-state index contributed by atoms with van der Waals surface area (Å²) < 4.78 is 5.57. The van der Waals surface area contributed by atoms with E-state index in [-0.39, 0.29) is 23.9 Å². The summed E-state index contributed by atoms with van der Waals surface area (Å²) in [6.07, 6.45) is 1.93. The van der Waals surface area contributed by atoms with Crippen LogP contribution in [0.15, 0.2) is 6.20 Å². The molecule has 2 amide bonds. The Morgan fingerprint density at radius 1 is 1.38 bits per heavy atom. The maximum Gasteiger partial charge on any atom is 0.407 e. The Hall–Kier alpha value is -1.32. The van der Waals surface area contributed by atoms with E-state index in [0.29, 0.717) is 0 Å². The van der Waals surface area contributed by atoms with Crippen molar-refractivity contribution in [3.8, 4) is 0 Å². The minimum atomic E-state index is -0.650. The first-order valence-electron chi connectivity index (χ1n) is 8.09. The fraction of sp³-hybridized carbons (Fsp3) is 0.688. The number of amides is 2. The zero-order chi connectivity index (χ0) is 18.4. The molecule has 2 N–H and O–H groups in total. The van der Waals surface area contributed by atoms with E-state index in [1.54, 1.807) is 11.1 Å². The number of nitrogens with zero attached hydrogens (tertiary/aromatic N) is 2. The van der Waals surface area contributed by atoms with Crippen LogP contribution in [0.2, 0.25) is 0 Å². The van der Waals surface area contributed by atoms with Crippen molar-refractivity contribution in [2.75, 3.05) is 7.11 Å². The molecule has 0 spiro atoms. The van der Waals surface area contributed by atoms with Crippen molar-refractivity contribution in [2.24, 2.45) is 5.92 Å². The summed E-state index contributed by atoms with van der Waals surface area (Å²) in [6, 6.07) is -0.865. The molecule has 136 valence electrons. The second-order valence-electron chi connectivity index (χ2n) is 6.15. The molecule has 0 saturated heterocycles. The second-order valence-corrected chi connectivity index (χ2v) is 7.31. The van der Waals surface area contributed by atoms with Gasteiger partial charge in [-0.3, -0.25) is 4.79 Å². The highest BCUT2D eigenvalue weighted by Gasteiger charge is 2.35. The van der Waals surface area contributed by atoms with Gasteiger partial charge in [0.2, 0.25) is 5.91 Å². The van der Waals surface area contributed by atoms with Gasteiger partial charge >= 0.3 is 6.09 Å². The van der Waals surface area contributed by atoms with Gasteiger partial charge in [-0.25, -0.2) is 9.78 Å². The zero-order valence-corrected chi connectivity index (χ0v) is 17.2. The van der Waals surface area contributed by atoms with Crippen LogP contribution < -0.4 is 5.32 Å². The highest BCUT2D eigenvalue weighted by Crippen LogP contribution is 2.24. The number of halogens is 1. The Labute approximate surface area is 157 Å². The maximum atomic E-state index is 13.2. The highest BCUT2D eigenvalue weighted by atomic mass is 127. The van der Waals surface area contributed by atoms with E-state index in [2.05, 4.69) is 42.6 Å². The van der Waals surface area contributed by atoms with E-state index in [4.69, 9.17) is 0 Å². The number of ether oxygens (including phenoxy) is 1. The summed E-state index contributed by atoms with van der Waals surface area (Å²) in [7, 11) is 1.29. The first-order valence-corrected chi connectivity index (χ1v) is 9.17. The van der Waals surface area contributed by atoms with Crippen molar-refractivity contribution in [1.82, 2.24) is 20.2 Å². The van der Waals surface area contributed by atoms with Crippen LogP contribution in [0.5, 0.6) is 0 Å². The van der Waals surface area contributed by atoms with Crippen molar-refractivity contribution >= 4 is 34.6 Å². The molecule has 0 unspecified atom stereocenters. The summed E-state index contributed by atoms with van der Waals surface area (Å²) >= 11 is 2.15. The van der Waals surface area contributed by atoms with E-state index >= 15 is 0 Å². The number of nitrogens with one attached hydrogen (secondary N) is 2. The minimum Gasteiger partial charge on any atom is -0.453 e. The maximum absolute atomic E-state index is 13.2. The molecule has 0 saturated carbocycles. The number of methoxy groups -OCH3 is 1. The highest BCUT2D eigenvalue weighted by molar-refractivity contribution is 14.1. The first kappa shape index (κ1) is 20.7. The number of H-pyrrole nitrogens is 1.